The Morgan fingerprint density at radius 3 is 3.10 bits per heavy atom. The number of nitrogens with two attached hydrogens (primary N) is 1. The quantitative estimate of drug-likeness (QED) is 0.834. The molecule has 4 nitrogen and oxygen atoms in total. The summed E-state index contributed by atoms with van der Waals surface area (Å²) in [5.41, 5.74) is 6.65. The highest BCUT2D eigenvalue weighted by Gasteiger charge is 2.23. The highest BCUT2D eigenvalue weighted by atomic mass is 79.9. The van der Waals surface area contributed by atoms with E-state index in [1.807, 2.05) is 6.07 Å². The van der Waals surface area contributed by atoms with Crippen molar-refractivity contribution in [3.05, 3.63) is 28.7 Å². The van der Waals surface area contributed by atoms with Gasteiger partial charge in [-0.25, -0.2) is 0 Å². The van der Waals surface area contributed by atoms with Crippen LogP contribution in [0.2, 0.25) is 0 Å². The predicted octanol–water partition coefficient (Wildman–Crippen LogP) is 2.13. The Labute approximate surface area is 128 Å². The number of halogens is 1. The van der Waals surface area contributed by atoms with E-state index in [1.54, 1.807) is 0 Å². The minimum absolute atomic E-state index is 0.122. The number of nitrogens with one attached hydrogen (secondary N) is 1. The van der Waals surface area contributed by atoms with Gasteiger partial charge in [0.2, 0.25) is 5.91 Å². The van der Waals surface area contributed by atoms with Gasteiger partial charge in [0, 0.05) is 36.2 Å². The number of anilines is 1. The van der Waals surface area contributed by atoms with Crippen LogP contribution in [0.4, 0.5) is 5.69 Å². The molecule has 1 aromatic carbocycles. The maximum absolute atomic E-state index is 11.6. The first-order chi connectivity index (χ1) is 9.69. The zero-order chi connectivity index (χ0) is 14.4. The van der Waals surface area contributed by atoms with E-state index >= 15 is 0 Å². The third-order valence-electron chi connectivity index (χ3n) is 3.66. The highest BCUT2D eigenvalue weighted by molar-refractivity contribution is 9.10. The van der Waals surface area contributed by atoms with Crippen molar-refractivity contribution in [2.45, 2.75) is 19.3 Å². The number of benzene rings is 1. The van der Waals surface area contributed by atoms with E-state index in [0.29, 0.717) is 18.9 Å². The number of carbonyl (C=O) groups excluding carboxylic acids is 1. The molecule has 0 aromatic heterocycles. The minimum Gasteiger partial charge on any atom is -0.371 e. The Morgan fingerprint density at radius 2 is 2.35 bits per heavy atom. The van der Waals surface area contributed by atoms with Gasteiger partial charge in [-0.2, -0.15) is 0 Å². The molecule has 20 heavy (non-hydrogen) atoms. The summed E-state index contributed by atoms with van der Waals surface area (Å²) in [5, 5.41) is 3.01. The Balaban J connectivity index is 1.76. The lowest BCUT2D eigenvalue weighted by Gasteiger charge is -2.19. The lowest BCUT2D eigenvalue weighted by atomic mass is 10.1. The monoisotopic (exact) mass is 339 g/mol. The van der Waals surface area contributed by atoms with Crippen LogP contribution in [0, 0.1) is 5.92 Å². The highest BCUT2D eigenvalue weighted by Crippen LogP contribution is 2.25. The van der Waals surface area contributed by atoms with Crippen molar-refractivity contribution in [2.24, 2.45) is 11.7 Å². The molecule has 1 fully saturated rings. The third-order valence-corrected chi connectivity index (χ3v) is 4.15. The predicted molar refractivity (Wildman–Crippen MR) is 85.8 cm³/mol. The lowest BCUT2D eigenvalue weighted by molar-refractivity contribution is -0.121. The fourth-order valence-corrected chi connectivity index (χ4v) is 2.90. The van der Waals surface area contributed by atoms with Gasteiger partial charge < -0.3 is 16.0 Å². The van der Waals surface area contributed by atoms with E-state index in [9.17, 15) is 4.79 Å². The molecule has 2 rings (SSSR count). The van der Waals surface area contributed by atoms with Crippen LogP contribution in [0.3, 0.4) is 0 Å². The van der Waals surface area contributed by atoms with Crippen LogP contribution < -0.4 is 16.0 Å². The molecule has 1 aliphatic rings. The van der Waals surface area contributed by atoms with Gasteiger partial charge in [0.1, 0.15) is 0 Å². The summed E-state index contributed by atoms with van der Waals surface area (Å²) < 4.78 is 1.11. The van der Waals surface area contributed by atoms with Crippen molar-refractivity contribution >= 4 is 27.5 Å². The second-order valence-electron chi connectivity index (χ2n) is 5.28. The summed E-state index contributed by atoms with van der Waals surface area (Å²) >= 11 is 3.50. The first-order valence-corrected chi connectivity index (χ1v) is 7.95. The molecule has 0 saturated carbocycles. The van der Waals surface area contributed by atoms with E-state index in [0.717, 1.165) is 36.9 Å². The summed E-state index contributed by atoms with van der Waals surface area (Å²) in [5.74, 6) is 0.659. The Morgan fingerprint density at radius 1 is 1.50 bits per heavy atom. The number of rotatable bonds is 6. The van der Waals surface area contributed by atoms with Crippen LogP contribution in [0.5, 0.6) is 0 Å². The maximum Gasteiger partial charge on any atom is 0.220 e. The van der Waals surface area contributed by atoms with Gasteiger partial charge in [0.25, 0.3) is 0 Å². The van der Waals surface area contributed by atoms with Gasteiger partial charge in [-0.1, -0.05) is 22.0 Å². The van der Waals surface area contributed by atoms with Crippen LogP contribution in [0.25, 0.3) is 0 Å². The van der Waals surface area contributed by atoms with Gasteiger partial charge in [0.05, 0.1) is 0 Å². The average molecular weight is 340 g/mol. The van der Waals surface area contributed by atoms with Gasteiger partial charge in [0.15, 0.2) is 0 Å². The number of hydrogen-bond donors (Lipinski definition) is 2. The zero-order valence-corrected chi connectivity index (χ0v) is 13.2. The molecular weight excluding hydrogens is 318 g/mol. The van der Waals surface area contributed by atoms with Crippen LogP contribution in [0.15, 0.2) is 28.7 Å². The normalized spacial score (nSPS) is 18.3. The second-order valence-corrected chi connectivity index (χ2v) is 6.19. The van der Waals surface area contributed by atoms with Crippen LogP contribution in [-0.4, -0.2) is 32.1 Å². The van der Waals surface area contributed by atoms with Crippen LogP contribution >= 0.6 is 15.9 Å². The third kappa shape index (κ3) is 4.49. The van der Waals surface area contributed by atoms with Gasteiger partial charge in [-0.3, -0.25) is 4.79 Å². The smallest absolute Gasteiger partial charge is 0.220 e. The molecule has 1 atom stereocenters. The van der Waals surface area contributed by atoms with Crippen molar-refractivity contribution in [3.8, 4) is 0 Å². The molecule has 1 saturated heterocycles. The Hall–Kier alpha value is -1.07. The van der Waals surface area contributed by atoms with Gasteiger partial charge in [-0.15, -0.1) is 0 Å². The van der Waals surface area contributed by atoms with Crippen molar-refractivity contribution in [1.82, 2.24) is 5.32 Å². The number of amides is 1. The number of hydrogen-bond acceptors (Lipinski definition) is 3. The maximum atomic E-state index is 11.6. The number of nitrogens with zero attached hydrogens (tertiary/aromatic N) is 1. The van der Waals surface area contributed by atoms with Crippen molar-refractivity contribution in [3.63, 3.8) is 0 Å². The van der Waals surface area contributed by atoms with Gasteiger partial charge >= 0.3 is 0 Å². The molecule has 0 spiro atoms. The SMILES string of the molecule is NCCCC(=O)NCC1CCN(c2cccc(Br)c2)C1. The summed E-state index contributed by atoms with van der Waals surface area (Å²) in [4.78, 5) is 13.9. The molecule has 5 heteroatoms. The average Bonchev–Trinajstić information content (AvgIpc) is 2.92. The summed E-state index contributed by atoms with van der Waals surface area (Å²) in [6.07, 6.45) is 2.43. The van der Waals surface area contributed by atoms with Gasteiger partial charge in [-0.05, 0) is 43.5 Å². The fraction of sp³-hybridized carbons (Fsp3) is 0.533. The lowest BCUT2D eigenvalue weighted by Crippen LogP contribution is -2.31. The van der Waals surface area contributed by atoms with E-state index in [2.05, 4.69) is 44.3 Å². The number of carbonyl (C=O) groups is 1. The zero-order valence-electron chi connectivity index (χ0n) is 11.6. The molecule has 0 aliphatic carbocycles. The van der Waals surface area contributed by atoms with E-state index in [-0.39, 0.29) is 5.91 Å². The molecule has 110 valence electrons. The Kier molecular flexibility index (Phi) is 5.86. The fourth-order valence-electron chi connectivity index (χ4n) is 2.52. The largest absolute Gasteiger partial charge is 0.371 e. The molecule has 1 heterocycles. The summed E-state index contributed by atoms with van der Waals surface area (Å²) in [6, 6.07) is 8.37. The molecule has 1 unspecified atom stereocenters. The van der Waals surface area contributed by atoms with Crippen LogP contribution in [-0.2, 0) is 4.79 Å². The van der Waals surface area contributed by atoms with Crippen molar-refractivity contribution in [1.29, 1.82) is 0 Å². The minimum atomic E-state index is 0.122. The molecule has 1 aromatic rings. The van der Waals surface area contributed by atoms with Crippen LogP contribution in [0.1, 0.15) is 19.3 Å². The molecule has 3 N–H and O–H groups in total. The standard InChI is InChI=1S/C15H22BrN3O/c16-13-3-1-4-14(9-13)19-8-6-12(11-19)10-18-15(20)5-2-7-17/h1,3-4,9,12H,2,5-8,10-11,17H2,(H,18,20). The summed E-state index contributed by atoms with van der Waals surface area (Å²) in [6.45, 7) is 3.41. The second kappa shape index (κ2) is 7.64. The Bertz CT molecular complexity index is 452. The van der Waals surface area contributed by atoms with Crippen molar-refractivity contribution in [2.75, 3.05) is 31.1 Å². The molecule has 0 bridgehead atoms. The van der Waals surface area contributed by atoms with E-state index in [1.165, 1.54) is 5.69 Å². The molecule has 1 amide bonds. The molecule has 0 radical (unpaired) electrons. The first-order valence-electron chi connectivity index (χ1n) is 7.16. The van der Waals surface area contributed by atoms with E-state index in [4.69, 9.17) is 5.73 Å². The summed E-state index contributed by atoms with van der Waals surface area (Å²) in [7, 11) is 0. The molecular formula is C15H22BrN3O. The van der Waals surface area contributed by atoms with E-state index < -0.39 is 0 Å². The first kappa shape index (κ1) is 15.3. The molecule has 1 aliphatic heterocycles. The topological polar surface area (TPSA) is 58.4 Å². The van der Waals surface area contributed by atoms with Crippen molar-refractivity contribution < 1.29 is 4.79 Å².